The zero-order valence-electron chi connectivity index (χ0n) is 16.0. The van der Waals surface area contributed by atoms with Gasteiger partial charge in [-0.25, -0.2) is 4.79 Å². The lowest BCUT2D eigenvalue weighted by Gasteiger charge is -2.25. The summed E-state index contributed by atoms with van der Waals surface area (Å²) in [5, 5.41) is 3.45. The van der Waals surface area contributed by atoms with Crippen LogP contribution in [-0.4, -0.2) is 61.5 Å². The first-order valence-corrected chi connectivity index (χ1v) is 9.76. The van der Waals surface area contributed by atoms with Crippen molar-refractivity contribution in [2.45, 2.75) is 6.42 Å². The third kappa shape index (κ3) is 5.39. The van der Waals surface area contributed by atoms with Crippen LogP contribution in [0.2, 0.25) is 5.02 Å². The maximum atomic E-state index is 12.7. The zero-order valence-corrected chi connectivity index (χ0v) is 16.7. The number of carbonyl (C=O) groups excluding carboxylic acids is 2. The predicted molar refractivity (Wildman–Crippen MR) is 113 cm³/mol. The molecule has 1 heterocycles. The predicted octanol–water partition coefficient (Wildman–Crippen LogP) is 3.54. The monoisotopic (exact) mass is 400 g/mol. The summed E-state index contributed by atoms with van der Waals surface area (Å²) in [4.78, 5) is 30.7. The molecule has 1 N–H and O–H groups in total. The second-order valence-electron chi connectivity index (χ2n) is 6.85. The third-order valence-electron chi connectivity index (χ3n) is 4.78. The molecule has 2 aromatic carbocycles. The van der Waals surface area contributed by atoms with Gasteiger partial charge in [-0.05, 0) is 36.8 Å². The molecule has 2 aromatic rings. The molecule has 148 valence electrons. The van der Waals surface area contributed by atoms with Crippen LogP contribution in [0.15, 0.2) is 54.6 Å². The minimum Gasteiger partial charge on any atom is -0.365 e. The summed E-state index contributed by atoms with van der Waals surface area (Å²) in [6.07, 6.45) is 0.754. The van der Waals surface area contributed by atoms with Gasteiger partial charge >= 0.3 is 6.03 Å². The Balaban J connectivity index is 1.52. The van der Waals surface area contributed by atoms with E-state index in [-0.39, 0.29) is 11.9 Å². The molecule has 0 atom stereocenters. The maximum Gasteiger partial charge on any atom is 0.321 e. The van der Waals surface area contributed by atoms with Crippen LogP contribution in [0.1, 0.15) is 6.42 Å². The highest BCUT2D eigenvalue weighted by molar-refractivity contribution is 6.30. The van der Waals surface area contributed by atoms with E-state index in [1.807, 2.05) is 47.2 Å². The van der Waals surface area contributed by atoms with Crippen LogP contribution in [0.5, 0.6) is 0 Å². The summed E-state index contributed by atoms with van der Waals surface area (Å²) in [5.41, 5.74) is 1.67. The minimum absolute atomic E-state index is 0.0726. The van der Waals surface area contributed by atoms with Crippen molar-refractivity contribution in [1.29, 1.82) is 0 Å². The van der Waals surface area contributed by atoms with Crippen molar-refractivity contribution in [3.05, 3.63) is 59.6 Å². The molecule has 28 heavy (non-hydrogen) atoms. The normalized spacial score (nSPS) is 14.4. The van der Waals surface area contributed by atoms with Gasteiger partial charge in [0.15, 0.2) is 0 Å². The number of nitrogens with one attached hydrogen (secondary N) is 1. The quantitative estimate of drug-likeness (QED) is 0.853. The fourth-order valence-corrected chi connectivity index (χ4v) is 3.41. The summed E-state index contributed by atoms with van der Waals surface area (Å²) in [7, 11) is 1.91. The first-order valence-electron chi connectivity index (χ1n) is 9.38. The number of hydrogen-bond donors (Lipinski definition) is 1. The van der Waals surface area contributed by atoms with E-state index in [1.165, 1.54) is 0 Å². The van der Waals surface area contributed by atoms with Gasteiger partial charge in [-0.1, -0.05) is 35.9 Å². The van der Waals surface area contributed by atoms with Gasteiger partial charge in [0.25, 0.3) is 0 Å². The van der Waals surface area contributed by atoms with Gasteiger partial charge in [0.05, 0.1) is 6.54 Å². The van der Waals surface area contributed by atoms with Gasteiger partial charge in [0.1, 0.15) is 0 Å². The maximum absolute atomic E-state index is 12.7. The smallest absolute Gasteiger partial charge is 0.321 e. The van der Waals surface area contributed by atoms with Crippen LogP contribution < -0.4 is 10.2 Å². The molecule has 7 heteroatoms. The van der Waals surface area contributed by atoms with Gasteiger partial charge in [0.2, 0.25) is 5.91 Å². The van der Waals surface area contributed by atoms with Gasteiger partial charge in [-0.3, -0.25) is 4.79 Å². The van der Waals surface area contributed by atoms with E-state index >= 15 is 0 Å². The number of carbonyl (C=O) groups is 2. The van der Waals surface area contributed by atoms with Crippen molar-refractivity contribution in [3.8, 4) is 0 Å². The fraction of sp³-hybridized carbons (Fsp3) is 0.333. The summed E-state index contributed by atoms with van der Waals surface area (Å²) in [6, 6.07) is 16.7. The Morgan fingerprint density at radius 2 is 1.71 bits per heavy atom. The molecule has 1 fully saturated rings. The Bertz CT molecular complexity index is 815. The molecule has 1 saturated heterocycles. The standard InChI is InChI=1S/C21H25ClN4O2/c1-24(19-9-3-2-4-10-19)16-20(27)25-11-6-12-26(14-13-25)21(28)23-18-8-5-7-17(22)15-18/h2-5,7-10,15H,6,11-14,16H2,1H3,(H,23,28). The zero-order chi connectivity index (χ0) is 19.9. The molecular formula is C21H25ClN4O2. The van der Waals surface area contributed by atoms with E-state index in [9.17, 15) is 9.59 Å². The van der Waals surface area contributed by atoms with E-state index in [2.05, 4.69) is 5.32 Å². The molecule has 1 aliphatic rings. The first-order chi connectivity index (χ1) is 13.5. The van der Waals surface area contributed by atoms with Crippen molar-refractivity contribution in [1.82, 2.24) is 9.80 Å². The number of rotatable bonds is 4. The van der Waals surface area contributed by atoms with Crippen molar-refractivity contribution in [2.24, 2.45) is 0 Å². The van der Waals surface area contributed by atoms with Crippen LogP contribution in [0.3, 0.4) is 0 Å². The molecular weight excluding hydrogens is 376 g/mol. The van der Waals surface area contributed by atoms with E-state index in [0.29, 0.717) is 43.4 Å². The van der Waals surface area contributed by atoms with Crippen molar-refractivity contribution < 1.29 is 9.59 Å². The Kier molecular flexibility index (Phi) is 6.76. The minimum atomic E-state index is -0.169. The number of nitrogens with zero attached hydrogens (tertiary/aromatic N) is 3. The summed E-state index contributed by atoms with van der Waals surface area (Å²) >= 11 is 5.97. The van der Waals surface area contributed by atoms with Gasteiger partial charge in [-0.2, -0.15) is 0 Å². The molecule has 0 bridgehead atoms. The molecule has 0 aliphatic carbocycles. The lowest BCUT2D eigenvalue weighted by molar-refractivity contribution is -0.129. The molecule has 0 saturated carbocycles. The number of urea groups is 1. The molecule has 0 unspecified atom stereocenters. The first kappa shape index (κ1) is 20.0. The lowest BCUT2D eigenvalue weighted by Crippen LogP contribution is -2.42. The Hall–Kier alpha value is -2.73. The van der Waals surface area contributed by atoms with Crippen molar-refractivity contribution in [2.75, 3.05) is 50.0 Å². The van der Waals surface area contributed by atoms with Crippen molar-refractivity contribution >= 4 is 34.9 Å². The Morgan fingerprint density at radius 3 is 2.46 bits per heavy atom. The highest BCUT2D eigenvalue weighted by atomic mass is 35.5. The fourth-order valence-electron chi connectivity index (χ4n) is 3.22. The molecule has 0 spiro atoms. The molecule has 1 aliphatic heterocycles. The topological polar surface area (TPSA) is 55.9 Å². The molecule has 3 amide bonds. The molecule has 6 nitrogen and oxygen atoms in total. The number of likely N-dealkylation sites (N-methyl/N-ethyl adjacent to an activating group) is 1. The van der Waals surface area contributed by atoms with Gasteiger partial charge < -0.3 is 20.0 Å². The molecule has 0 aromatic heterocycles. The Morgan fingerprint density at radius 1 is 1.00 bits per heavy atom. The SMILES string of the molecule is CN(CC(=O)N1CCCN(C(=O)Nc2cccc(Cl)c2)CC1)c1ccccc1. The largest absolute Gasteiger partial charge is 0.365 e. The highest BCUT2D eigenvalue weighted by Crippen LogP contribution is 2.16. The molecule has 3 rings (SSSR count). The summed E-state index contributed by atoms with van der Waals surface area (Å²) in [6.45, 7) is 2.63. The van der Waals surface area contributed by atoms with E-state index in [1.54, 1.807) is 29.2 Å². The van der Waals surface area contributed by atoms with Crippen LogP contribution in [-0.2, 0) is 4.79 Å². The lowest BCUT2D eigenvalue weighted by atomic mass is 10.3. The number of amides is 3. The van der Waals surface area contributed by atoms with E-state index < -0.39 is 0 Å². The van der Waals surface area contributed by atoms with Gasteiger partial charge in [0, 0.05) is 49.6 Å². The number of para-hydroxylation sites is 1. The number of halogens is 1. The van der Waals surface area contributed by atoms with Gasteiger partial charge in [-0.15, -0.1) is 0 Å². The van der Waals surface area contributed by atoms with Crippen LogP contribution in [0, 0.1) is 0 Å². The van der Waals surface area contributed by atoms with E-state index in [0.717, 1.165) is 12.1 Å². The average Bonchev–Trinajstić information content (AvgIpc) is 2.95. The summed E-state index contributed by atoms with van der Waals surface area (Å²) in [5.74, 6) is 0.0726. The van der Waals surface area contributed by atoms with Crippen LogP contribution in [0.4, 0.5) is 16.2 Å². The number of hydrogen-bond acceptors (Lipinski definition) is 3. The second-order valence-corrected chi connectivity index (χ2v) is 7.29. The summed E-state index contributed by atoms with van der Waals surface area (Å²) < 4.78 is 0. The average molecular weight is 401 g/mol. The number of benzene rings is 2. The van der Waals surface area contributed by atoms with Crippen LogP contribution in [0.25, 0.3) is 0 Å². The number of anilines is 2. The second kappa shape index (κ2) is 9.46. The third-order valence-corrected chi connectivity index (χ3v) is 5.02. The highest BCUT2D eigenvalue weighted by Gasteiger charge is 2.22. The Labute approximate surface area is 170 Å². The van der Waals surface area contributed by atoms with Crippen molar-refractivity contribution in [3.63, 3.8) is 0 Å². The van der Waals surface area contributed by atoms with E-state index in [4.69, 9.17) is 11.6 Å². The molecule has 0 radical (unpaired) electrons. The van der Waals surface area contributed by atoms with Crippen LogP contribution >= 0.6 is 11.6 Å².